The van der Waals surface area contributed by atoms with Crippen molar-refractivity contribution in [3.8, 4) is 0 Å². The molecule has 0 spiro atoms. The lowest BCUT2D eigenvalue weighted by Crippen LogP contribution is -2.25. The number of rotatable bonds is 7. The molecule has 18 heavy (non-hydrogen) atoms. The second-order valence-electron chi connectivity index (χ2n) is 4.24. The maximum atomic E-state index is 11.8. The monoisotopic (exact) mass is 251 g/mol. The third kappa shape index (κ3) is 4.85. The fraction of sp³-hybridized carbons (Fsp3) is 0.500. The van der Waals surface area contributed by atoms with Crippen molar-refractivity contribution in [1.82, 2.24) is 5.32 Å². The molecule has 1 aromatic carbocycles. The average Bonchev–Trinajstić information content (AvgIpc) is 2.36. The van der Waals surface area contributed by atoms with Gasteiger partial charge in [-0.05, 0) is 43.5 Å². The minimum atomic E-state index is -0.0553. The molecule has 100 valence electrons. The molecular weight excluding hydrogens is 230 g/mol. The van der Waals surface area contributed by atoms with Gasteiger partial charge < -0.3 is 15.2 Å². The maximum absolute atomic E-state index is 11.8. The van der Waals surface area contributed by atoms with Crippen molar-refractivity contribution in [2.24, 2.45) is 0 Å². The summed E-state index contributed by atoms with van der Waals surface area (Å²) in [4.78, 5) is 11.8. The van der Waals surface area contributed by atoms with E-state index in [9.17, 15) is 4.79 Å². The Morgan fingerprint density at radius 1 is 1.28 bits per heavy atom. The highest BCUT2D eigenvalue weighted by Crippen LogP contribution is 2.09. The quantitative estimate of drug-likeness (QED) is 0.721. The molecule has 0 radical (unpaired) electrons. The highest BCUT2D eigenvalue weighted by Gasteiger charge is 2.05. The summed E-state index contributed by atoms with van der Waals surface area (Å²) >= 11 is 0. The van der Waals surface area contributed by atoms with E-state index in [4.69, 9.17) is 9.84 Å². The summed E-state index contributed by atoms with van der Waals surface area (Å²) in [6.07, 6.45) is 0.747. The lowest BCUT2D eigenvalue weighted by Gasteiger charge is -2.07. The van der Waals surface area contributed by atoms with Crippen molar-refractivity contribution in [3.05, 3.63) is 34.9 Å². The minimum absolute atomic E-state index is 0.0367. The van der Waals surface area contributed by atoms with Crippen molar-refractivity contribution < 1.29 is 14.6 Å². The van der Waals surface area contributed by atoms with Crippen LogP contribution in [-0.4, -0.2) is 37.4 Å². The number of amides is 1. The molecule has 0 aliphatic carbocycles. The summed E-state index contributed by atoms with van der Waals surface area (Å²) in [7, 11) is 0. The first-order valence-corrected chi connectivity index (χ1v) is 6.19. The van der Waals surface area contributed by atoms with Crippen LogP contribution in [0.25, 0.3) is 0 Å². The van der Waals surface area contributed by atoms with Crippen LogP contribution in [0.15, 0.2) is 18.2 Å². The van der Waals surface area contributed by atoms with Crippen LogP contribution >= 0.6 is 0 Å². The van der Waals surface area contributed by atoms with Gasteiger partial charge in [0.05, 0.1) is 13.2 Å². The molecule has 2 N–H and O–H groups in total. The van der Waals surface area contributed by atoms with Gasteiger partial charge in [-0.3, -0.25) is 4.79 Å². The standard InChI is InChI=1S/C14H21NO3/c1-11-4-5-13(10-12(11)2)14(17)15-6-3-8-18-9-7-16/h4-5,10,16H,3,6-9H2,1-2H3,(H,15,17). The number of nitrogens with one attached hydrogen (secondary N) is 1. The third-order valence-corrected chi connectivity index (χ3v) is 2.76. The predicted molar refractivity (Wildman–Crippen MR) is 70.8 cm³/mol. The van der Waals surface area contributed by atoms with Gasteiger partial charge in [-0.25, -0.2) is 0 Å². The maximum Gasteiger partial charge on any atom is 0.251 e. The zero-order chi connectivity index (χ0) is 13.4. The molecule has 0 unspecified atom stereocenters. The van der Waals surface area contributed by atoms with E-state index in [0.29, 0.717) is 25.3 Å². The predicted octanol–water partition coefficient (Wildman–Crippen LogP) is 1.43. The Hall–Kier alpha value is -1.39. The highest BCUT2D eigenvalue weighted by molar-refractivity contribution is 5.94. The molecule has 0 aliphatic heterocycles. The first-order valence-electron chi connectivity index (χ1n) is 6.19. The number of aliphatic hydroxyl groups excluding tert-OH is 1. The van der Waals surface area contributed by atoms with E-state index in [1.165, 1.54) is 5.56 Å². The van der Waals surface area contributed by atoms with E-state index in [2.05, 4.69) is 5.32 Å². The number of aliphatic hydroxyl groups is 1. The summed E-state index contributed by atoms with van der Waals surface area (Å²) in [5.74, 6) is -0.0553. The van der Waals surface area contributed by atoms with Crippen molar-refractivity contribution in [2.75, 3.05) is 26.4 Å². The zero-order valence-electron chi connectivity index (χ0n) is 11.0. The van der Waals surface area contributed by atoms with Crippen LogP contribution in [0.5, 0.6) is 0 Å². The second kappa shape index (κ2) is 7.84. The first kappa shape index (κ1) is 14.7. The van der Waals surface area contributed by atoms with Crippen LogP contribution in [0.4, 0.5) is 0 Å². The summed E-state index contributed by atoms with van der Waals surface area (Å²) in [6.45, 7) is 5.54. The van der Waals surface area contributed by atoms with Gasteiger partial charge in [-0.2, -0.15) is 0 Å². The van der Waals surface area contributed by atoms with Gasteiger partial charge in [0.1, 0.15) is 0 Å². The number of hydrogen-bond donors (Lipinski definition) is 2. The van der Waals surface area contributed by atoms with Crippen molar-refractivity contribution in [3.63, 3.8) is 0 Å². The fourth-order valence-corrected chi connectivity index (χ4v) is 1.53. The summed E-state index contributed by atoms with van der Waals surface area (Å²) in [5, 5.41) is 11.4. The van der Waals surface area contributed by atoms with Gasteiger partial charge in [0.15, 0.2) is 0 Å². The van der Waals surface area contributed by atoms with E-state index in [-0.39, 0.29) is 12.5 Å². The van der Waals surface area contributed by atoms with Crippen LogP contribution in [-0.2, 0) is 4.74 Å². The normalized spacial score (nSPS) is 10.4. The van der Waals surface area contributed by atoms with Crippen LogP contribution in [0.3, 0.4) is 0 Å². The first-order chi connectivity index (χ1) is 8.65. The Balaban J connectivity index is 2.30. The molecule has 1 rings (SSSR count). The van der Waals surface area contributed by atoms with Crippen LogP contribution in [0.1, 0.15) is 27.9 Å². The average molecular weight is 251 g/mol. The molecule has 0 saturated heterocycles. The number of ether oxygens (including phenoxy) is 1. The molecular formula is C14H21NO3. The summed E-state index contributed by atoms with van der Waals surface area (Å²) < 4.78 is 5.10. The van der Waals surface area contributed by atoms with Crippen molar-refractivity contribution in [2.45, 2.75) is 20.3 Å². The second-order valence-corrected chi connectivity index (χ2v) is 4.24. The van der Waals surface area contributed by atoms with E-state index in [1.54, 1.807) is 0 Å². The zero-order valence-corrected chi connectivity index (χ0v) is 11.0. The number of aryl methyl sites for hydroxylation is 2. The number of benzene rings is 1. The van der Waals surface area contributed by atoms with Crippen molar-refractivity contribution >= 4 is 5.91 Å². The Morgan fingerprint density at radius 3 is 2.72 bits per heavy atom. The smallest absolute Gasteiger partial charge is 0.251 e. The molecule has 1 amide bonds. The number of hydrogen-bond acceptors (Lipinski definition) is 3. The summed E-state index contributed by atoms with van der Waals surface area (Å²) in [5.41, 5.74) is 2.99. The van der Waals surface area contributed by atoms with Crippen molar-refractivity contribution in [1.29, 1.82) is 0 Å². The molecule has 0 aromatic heterocycles. The molecule has 0 heterocycles. The van der Waals surface area contributed by atoms with Gasteiger partial charge in [-0.15, -0.1) is 0 Å². The van der Waals surface area contributed by atoms with Gasteiger partial charge in [0.2, 0.25) is 0 Å². The third-order valence-electron chi connectivity index (χ3n) is 2.76. The Labute approximate surface area is 108 Å². The number of carbonyl (C=O) groups is 1. The van der Waals surface area contributed by atoms with Crippen LogP contribution < -0.4 is 5.32 Å². The molecule has 4 nitrogen and oxygen atoms in total. The topological polar surface area (TPSA) is 58.6 Å². The van der Waals surface area contributed by atoms with Gasteiger partial charge in [-0.1, -0.05) is 6.07 Å². The largest absolute Gasteiger partial charge is 0.394 e. The lowest BCUT2D eigenvalue weighted by atomic mass is 10.1. The molecule has 0 atom stereocenters. The fourth-order valence-electron chi connectivity index (χ4n) is 1.53. The molecule has 0 bridgehead atoms. The van der Waals surface area contributed by atoms with E-state index in [0.717, 1.165) is 12.0 Å². The Bertz CT molecular complexity index is 391. The lowest BCUT2D eigenvalue weighted by molar-refractivity contribution is 0.0867. The van der Waals surface area contributed by atoms with Crippen LogP contribution in [0, 0.1) is 13.8 Å². The van der Waals surface area contributed by atoms with Gasteiger partial charge in [0, 0.05) is 18.7 Å². The van der Waals surface area contributed by atoms with E-state index >= 15 is 0 Å². The van der Waals surface area contributed by atoms with Crippen LogP contribution in [0.2, 0.25) is 0 Å². The van der Waals surface area contributed by atoms with E-state index < -0.39 is 0 Å². The van der Waals surface area contributed by atoms with E-state index in [1.807, 2.05) is 32.0 Å². The van der Waals surface area contributed by atoms with Gasteiger partial charge >= 0.3 is 0 Å². The highest BCUT2D eigenvalue weighted by atomic mass is 16.5. The molecule has 0 fully saturated rings. The number of carbonyl (C=O) groups excluding carboxylic acids is 1. The Morgan fingerprint density at radius 2 is 2.06 bits per heavy atom. The van der Waals surface area contributed by atoms with Gasteiger partial charge in [0.25, 0.3) is 5.91 Å². The molecule has 0 saturated carbocycles. The minimum Gasteiger partial charge on any atom is -0.394 e. The summed E-state index contributed by atoms with van der Waals surface area (Å²) in [6, 6.07) is 5.68. The molecule has 0 aliphatic rings. The molecule has 4 heteroatoms. The SMILES string of the molecule is Cc1ccc(C(=O)NCCCOCCO)cc1C. The Kier molecular flexibility index (Phi) is 6.39. The molecule has 1 aromatic rings.